The second-order valence-corrected chi connectivity index (χ2v) is 6.05. The van der Waals surface area contributed by atoms with E-state index in [4.69, 9.17) is 10.5 Å². The van der Waals surface area contributed by atoms with E-state index in [9.17, 15) is 0 Å². The Labute approximate surface area is 125 Å². The topological polar surface area (TPSA) is 35.2 Å². The van der Waals surface area contributed by atoms with E-state index in [1.165, 1.54) is 10.5 Å². The number of ether oxygens (including phenoxy) is 1. The van der Waals surface area contributed by atoms with Gasteiger partial charge in [-0.25, -0.2) is 0 Å². The lowest BCUT2D eigenvalue weighted by atomic mass is 10.1. The Bertz CT molecular complexity index is 596. The molecular weight excluding hydrogens is 266 g/mol. The molecule has 0 aliphatic heterocycles. The number of aryl methyl sites for hydroxylation is 2. The molecule has 0 fully saturated rings. The molecule has 0 aromatic heterocycles. The summed E-state index contributed by atoms with van der Waals surface area (Å²) in [5, 5.41) is 0. The van der Waals surface area contributed by atoms with Crippen LogP contribution < -0.4 is 10.5 Å². The zero-order chi connectivity index (χ0) is 14.5. The molecule has 0 radical (unpaired) electrons. The third-order valence-corrected chi connectivity index (χ3v) is 4.14. The van der Waals surface area contributed by atoms with Gasteiger partial charge in [0.05, 0.1) is 0 Å². The molecule has 2 rings (SSSR count). The van der Waals surface area contributed by atoms with Gasteiger partial charge in [-0.1, -0.05) is 25.1 Å². The lowest BCUT2D eigenvalue weighted by Crippen LogP contribution is -2.02. The number of rotatable bonds is 5. The lowest BCUT2D eigenvalue weighted by Gasteiger charge is -2.15. The molecular formula is C17H21NOS. The van der Waals surface area contributed by atoms with Crippen LogP contribution in [0.15, 0.2) is 41.3 Å². The lowest BCUT2D eigenvalue weighted by molar-refractivity contribution is 0.470. The van der Waals surface area contributed by atoms with Crippen molar-refractivity contribution in [1.29, 1.82) is 0 Å². The SMILES string of the molecule is CCSc1cccc(Oc2cc(C)ccc2C)c1CN. The van der Waals surface area contributed by atoms with E-state index in [2.05, 4.69) is 45.0 Å². The monoisotopic (exact) mass is 287 g/mol. The van der Waals surface area contributed by atoms with E-state index in [0.717, 1.165) is 28.4 Å². The molecule has 2 nitrogen and oxygen atoms in total. The van der Waals surface area contributed by atoms with Crippen molar-refractivity contribution in [3.05, 3.63) is 53.1 Å². The first kappa shape index (κ1) is 14.9. The molecule has 0 amide bonds. The van der Waals surface area contributed by atoms with Gasteiger partial charge in [-0.15, -0.1) is 11.8 Å². The highest BCUT2D eigenvalue weighted by molar-refractivity contribution is 7.99. The highest BCUT2D eigenvalue weighted by atomic mass is 32.2. The van der Waals surface area contributed by atoms with Crippen LogP contribution in [0.5, 0.6) is 11.5 Å². The summed E-state index contributed by atoms with van der Waals surface area (Å²) in [6.07, 6.45) is 0. The normalized spacial score (nSPS) is 10.6. The Balaban J connectivity index is 2.37. The van der Waals surface area contributed by atoms with Gasteiger partial charge in [0.1, 0.15) is 11.5 Å². The standard InChI is InChI=1S/C17H21NOS/c1-4-20-17-7-5-6-15(14(17)11-18)19-16-10-12(2)8-9-13(16)3/h5-10H,4,11,18H2,1-3H3. The minimum atomic E-state index is 0.489. The average Bonchev–Trinajstić information content (AvgIpc) is 2.43. The first-order chi connectivity index (χ1) is 9.65. The quantitative estimate of drug-likeness (QED) is 0.812. The molecule has 0 heterocycles. The minimum Gasteiger partial charge on any atom is -0.457 e. The highest BCUT2D eigenvalue weighted by Crippen LogP contribution is 2.34. The summed E-state index contributed by atoms with van der Waals surface area (Å²) in [6, 6.07) is 12.4. The number of hydrogen-bond acceptors (Lipinski definition) is 3. The van der Waals surface area contributed by atoms with Crippen molar-refractivity contribution in [1.82, 2.24) is 0 Å². The molecule has 0 saturated heterocycles. The summed E-state index contributed by atoms with van der Waals surface area (Å²) < 4.78 is 6.11. The molecule has 3 heteroatoms. The summed E-state index contributed by atoms with van der Waals surface area (Å²) in [5.74, 6) is 2.79. The first-order valence-corrected chi connectivity index (χ1v) is 7.84. The van der Waals surface area contributed by atoms with Crippen LogP contribution >= 0.6 is 11.8 Å². The Kier molecular flexibility index (Phi) is 5.10. The van der Waals surface area contributed by atoms with Crippen LogP contribution in [0, 0.1) is 13.8 Å². The van der Waals surface area contributed by atoms with Crippen LogP contribution in [0.25, 0.3) is 0 Å². The molecule has 0 saturated carbocycles. The van der Waals surface area contributed by atoms with Crippen molar-refractivity contribution in [2.45, 2.75) is 32.2 Å². The summed E-state index contributed by atoms with van der Waals surface area (Å²) in [5.41, 5.74) is 9.32. The Morgan fingerprint density at radius 1 is 1.10 bits per heavy atom. The van der Waals surface area contributed by atoms with Crippen molar-refractivity contribution in [3.8, 4) is 11.5 Å². The highest BCUT2D eigenvalue weighted by Gasteiger charge is 2.10. The second-order valence-electron chi connectivity index (χ2n) is 4.74. The van der Waals surface area contributed by atoms with Crippen molar-refractivity contribution in [2.24, 2.45) is 5.73 Å². The van der Waals surface area contributed by atoms with E-state index < -0.39 is 0 Å². The molecule has 0 bridgehead atoms. The first-order valence-electron chi connectivity index (χ1n) is 6.85. The minimum absolute atomic E-state index is 0.489. The molecule has 0 spiro atoms. The summed E-state index contributed by atoms with van der Waals surface area (Å²) in [6.45, 7) is 6.76. The van der Waals surface area contributed by atoms with Crippen LogP contribution in [-0.2, 0) is 6.54 Å². The molecule has 2 aromatic carbocycles. The van der Waals surface area contributed by atoms with Gasteiger partial charge in [0, 0.05) is 17.0 Å². The van der Waals surface area contributed by atoms with Gasteiger partial charge in [-0.3, -0.25) is 0 Å². The summed E-state index contributed by atoms with van der Waals surface area (Å²) in [7, 11) is 0. The fourth-order valence-corrected chi connectivity index (χ4v) is 2.91. The van der Waals surface area contributed by atoms with Crippen LogP contribution in [0.1, 0.15) is 23.6 Å². The van der Waals surface area contributed by atoms with Crippen molar-refractivity contribution in [2.75, 3.05) is 5.75 Å². The van der Waals surface area contributed by atoms with Gasteiger partial charge in [0.25, 0.3) is 0 Å². The van der Waals surface area contributed by atoms with Gasteiger partial charge in [-0.05, 0) is 48.9 Å². The molecule has 0 unspecified atom stereocenters. The van der Waals surface area contributed by atoms with Gasteiger partial charge < -0.3 is 10.5 Å². The number of nitrogens with two attached hydrogens (primary N) is 1. The van der Waals surface area contributed by atoms with E-state index in [0.29, 0.717) is 6.54 Å². The van der Waals surface area contributed by atoms with Gasteiger partial charge in [0.2, 0.25) is 0 Å². The fourth-order valence-electron chi connectivity index (χ4n) is 2.07. The van der Waals surface area contributed by atoms with E-state index in [1.54, 1.807) is 11.8 Å². The van der Waals surface area contributed by atoms with Crippen molar-refractivity contribution >= 4 is 11.8 Å². The molecule has 0 atom stereocenters. The zero-order valence-electron chi connectivity index (χ0n) is 12.3. The van der Waals surface area contributed by atoms with Gasteiger partial charge in [-0.2, -0.15) is 0 Å². The van der Waals surface area contributed by atoms with Crippen LogP contribution in [0.4, 0.5) is 0 Å². The molecule has 2 aromatic rings. The molecule has 0 aliphatic carbocycles. The molecule has 2 N–H and O–H groups in total. The molecule has 20 heavy (non-hydrogen) atoms. The van der Waals surface area contributed by atoms with E-state index in [1.807, 2.05) is 12.1 Å². The number of benzene rings is 2. The number of thioether (sulfide) groups is 1. The maximum atomic E-state index is 6.11. The third kappa shape index (κ3) is 3.35. The summed E-state index contributed by atoms with van der Waals surface area (Å²) >= 11 is 1.80. The Hall–Kier alpha value is -1.45. The van der Waals surface area contributed by atoms with Gasteiger partial charge in [0.15, 0.2) is 0 Å². The predicted molar refractivity (Wildman–Crippen MR) is 86.7 cm³/mol. The predicted octanol–water partition coefficient (Wildman–Crippen LogP) is 4.67. The molecule has 0 aliphatic rings. The Morgan fingerprint density at radius 3 is 2.60 bits per heavy atom. The number of hydrogen-bond donors (Lipinski definition) is 1. The Morgan fingerprint density at radius 2 is 1.90 bits per heavy atom. The largest absolute Gasteiger partial charge is 0.457 e. The van der Waals surface area contributed by atoms with Crippen LogP contribution in [0.2, 0.25) is 0 Å². The van der Waals surface area contributed by atoms with Crippen LogP contribution in [0.3, 0.4) is 0 Å². The van der Waals surface area contributed by atoms with E-state index in [-0.39, 0.29) is 0 Å². The smallest absolute Gasteiger partial charge is 0.133 e. The van der Waals surface area contributed by atoms with E-state index >= 15 is 0 Å². The van der Waals surface area contributed by atoms with Crippen molar-refractivity contribution in [3.63, 3.8) is 0 Å². The fraction of sp³-hybridized carbons (Fsp3) is 0.294. The third-order valence-electron chi connectivity index (χ3n) is 3.16. The summed E-state index contributed by atoms with van der Waals surface area (Å²) in [4.78, 5) is 1.21. The zero-order valence-corrected chi connectivity index (χ0v) is 13.1. The van der Waals surface area contributed by atoms with Crippen molar-refractivity contribution < 1.29 is 4.74 Å². The maximum absolute atomic E-state index is 6.11. The average molecular weight is 287 g/mol. The second kappa shape index (κ2) is 6.82. The molecule has 106 valence electrons. The maximum Gasteiger partial charge on any atom is 0.133 e. The van der Waals surface area contributed by atoms with Crippen LogP contribution in [-0.4, -0.2) is 5.75 Å². The van der Waals surface area contributed by atoms with Gasteiger partial charge >= 0.3 is 0 Å².